The maximum atomic E-state index is 11.9. The Morgan fingerprint density at radius 1 is 0.958 bits per heavy atom. The largest absolute Gasteiger partial charge is 0.543 e. The minimum absolute atomic E-state index is 0.0312. The van der Waals surface area contributed by atoms with Crippen molar-refractivity contribution < 1.29 is 43.3 Å². The quantitative estimate of drug-likeness (QED) is 0.400. The highest BCUT2D eigenvalue weighted by atomic mass is 17.5. The van der Waals surface area contributed by atoms with Crippen molar-refractivity contribution in [2.75, 3.05) is 27.9 Å². The van der Waals surface area contributed by atoms with Gasteiger partial charge in [-0.05, 0) is 18.1 Å². The molecule has 134 valence electrons. The number of benzene rings is 1. The molecule has 0 saturated heterocycles. The molecule has 0 atom stereocenters. The highest BCUT2D eigenvalue weighted by Crippen LogP contribution is 2.38. The van der Waals surface area contributed by atoms with Crippen molar-refractivity contribution >= 4 is 12.1 Å². The third kappa shape index (κ3) is 5.51. The summed E-state index contributed by atoms with van der Waals surface area (Å²) in [4.78, 5) is 31.5. The molecule has 9 nitrogen and oxygen atoms in total. The number of rotatable bonds is 8. The number of ether oxygens (including phenoxy) is 4. The summed E-state index contributed by atoms with van der Waals surface area (Å²) < 4.78 is 20.0. The van der Waals surface area contributed by atoms with Crippen LogP contribution in [0.3, 0.4) is 0 Å². The van der Waals surface area contributed by atoms with E-state index in [0.29, 0.717) is 5.75 Å². The highest BCUT2D eigenvalue weighted by molar-refractivity contribution is 5.90. The predicted molar refractivity (Wildman–Crippen MR) is 79.9 cm³/mol. The van der Waals surface area contributed by atoms with Crippen LogP contribution < -0.4 is 14.2 Å². The monoisotopic (exact) mass is 344 g/mol. The average molecular weight is 344 g/mol. The van der Waals surface area contributed by atoms with E-state index in [2.05, 4.69) is 19.6 Å². The molecule has 0 saturated carbocycles. The van der Waals surface area contributed by atoms with E-state index in [1.165, 1.54) is 33.5 Å². The zero-order chi connectivity index (χ0) is 18.1. The Hall–Kier alpha value is -2.68. The van der Waals surface area contributed by atoms with Gasteiger partial charge in [-0.15, -0.1) is 0 Å². The fourth-order valence-electron chi connectivity index (χ4n) is 1.58. The van der Waals surface area contributed by atoms with Crippen LogP contribution in [-0.2, 0) is 19.6 Å². The molecule has 1 aromatic rings. The van der Waals surface area contributed by atoms with Crippen LogP contribution in [0, 0.1) is 5.92 Å². The van der Waals surface area contributed by atoms with Gasteiger partial charge in [0, 0.05) is 0 Å². The Bertz CT molecular complexity index is 543. The second-order valence-electron chi connectivity index (χ2n) is 4.89. The Morgan fingerprint density at radius 2 is 1.54 bits per heavy atom. The highest BCUT2D eigenvalue weighted by Gasteiger charge is 2.19. The van der Waals surface area contributed by atoms with Gasteiger partial charge in [0.1, 0.15) is 0 Å². The lowest BCUT2D eigenvalue weighted by Crippen LogP contribution is -2.14. The Labute approximate surface area is 139 Å². The molecule has 1 rings (SSSR count). The van der Waals surface area contributed by atoms with E-state index < -0.39 is 12.1 Å². The van der Waals surface area contributed by atoms with Gasteiger partial charge in [0.15, 0.2) is 11.5 Å². The van der Waals surface area contributed by atoms with Gasteiger partial charge in [-0.3, -0.25) is 4.89 Å². The number of methoxy groups -OCH3 is 3. The van der Waals surface area contributed by atoms with Crippen molar-refractivity contribution in [1.82, 2.24) is 0 Å². The molecule has 0 aromatic heterocycles. The van der Waals surface area contributed by atoms with Gasteiger partial charge in [-0.25, -0.2) is 14.5 Å². The van der Waals surface area contributed by atoms with Crippen LogP contribution in [-0.4, -0.2) is 40.1 Å². The van der Waals surface area contributed by atoms with Crippen LogP contribution in [0.25, 0.3) is 0 Å². The van der Waals surface area contributed by atoms with Crippen molar-refractivity contribution in [3.05, 3.63) is 17.7 Å². The summed E-state index contributed by atoms with van der Waals surface area (Å²) in [6, 6.07) is 2.70. The molecule has 0 bridgehead atoms. The van der Waals surface area contributed by atoms with Crippen molar-refractivity contribution in [3.8, 4) is 17.2 Å². The SMILES string of the molecule is COc1cc(C(=O)OOOC(=O)OCC(C)C)cc(OC)c1OC. The van der Waals surface area contributed by atoms with Gasteiger partial charge < -0.3 is 18.9 Å². The van der Waals surface area contributed by atoms with Gasteiger partial charge in [0.2, 0.25) is 5.75 Å². The molecule has 1 aromatic carbocycles. The van der Waals surface area contributed by atoms with Crippen LogP contribution in [0.1, 0.15) is 24.2 Å². The number of hydrogen-bond acceptors (Lipinski definition) is 9. The molecular formula is C15H20O9. The lowest BCUT2D eigenvalue weighted by atomic mass is 10.2. The zero-order valence-corrected chi connectivity index (χ0v) is 14.1. The first kappa shape index (κ1) is 19.4. The van der Waals surface area contributed by atoms with E-state index >= 15 is 0 Å². The fourth-order valence-corrected chi connectivity index (χ4v) is 1.58. The average Bonchev–Trinajstić information content (AvgIpc) is 2.58. The second-order valence-corrected chi connectivity index (χ2v) is 4.89. The van der Waals surface area contributed by atoms with Crippen molar-refractivity contribution in [1.29, 1.82) is 0 Å². The van der Waals surface area contributed by atoms with Crippen LogP contribution >= 0.6 is 0 Å². The smallest absolute Gasteiger partial charge is 0.493 e. The molecule has 0 heterocycles. The van der Waals surface area contributed by atoms with Gasteiger partial charge in [-0.1, -0.05) is 13.8 Å². The van der Waals surface area contributed by atoms with Gasteiger partial charge in [0.25, 0.3) is 0 Å². The first-order valence-corrected chi connectivity index (χ1v) is 6.95. The molecule has 0 aliphatic heterocycles. The lowest BCUT2D eigenvalue weighted by Gasteiger charge is -2.13. The van der Waals surface area contributed by atoms with Gasteiger partial charge >= 0.3 is 12.1 Å². The Kier molecular flexibility index (Phi) is 7.63. The van der Waals surface area contributed by atoms with E-state index in [-0.39, 0.29) is 29.6 Å². The van der Waals surface area contributed by atoms with E-state index in [9.17, 15) is 9.59 Å². The molecule has 24 heavy (non-hydrogen) atoms. The van der Waals surface area contributed by atoms with Crippen molar-refractivity contribution in [3.63, 3.8) is 0 Å². The standard InChI is InChI=1S/C15H20O9/c1-9(2)8-21-15(17)23-24-22-14(16)10-6-11(18-3)13(20-5)12(7-10)19-4/h6-7,9H,8H2,1-5H3. The molecule has 0 N–H and O–H groups in total. The zero-order valence-electron chi connectivity index (χ0n) is 14.1. The minimum Gasteiger partial charge on any atom is -0.493 e. The fraction of sp³-hybridized carbons (Fsp3) is 0.467. The Morgan fingerprint density at radius 3 is 2.00 bits per heavy atom. The summed E-state index contributed by atoms with van der Waals surface area (Å²) >= 11 is 0. The molecular weight excluding hydrogens is 324 g/mol. The maximum Gasteiger partial charge on any atom is 0.543 e. The summed E-state index contributed by atoms with van der Waals surface area (Å²) in [5.74, 6) is -0.00153. The lowest BCUT2D eigenvalue weighted by molar-refractivity contribution is -0.452. The first-order valence-electron chi connectivity index (χ1n) is 6.95. The molecule has 0 aliphatic rings. The van der Waals surface area contributed by atoms with E-state index in [4.69, 9.17) is 14.2 Å². The van der Waals surface area contributed by atoms with E-state index in [1.54, 1.807) is 0 Å². The second kappa shape index (κ2) is 9.46. The first-order chi connectivity index (χ1) is 11.4. The molecule has 0 amide bonds. The normalized spacial score (nSPS) is 10.1. The third-order valence-corrected chi connectivity index (χ3v) is 2.65. The van der Waals surface area contributed by atoms with Crippen LogP contribution in [0.5, 0.6) is 17.2 Å². The third-order valence-electron chi connectivity index (χ3n) is 2.65. The summed E-state index contributed by atoms with van der Waals surface area (Å²) in [5, 5.41) is 4.11. The van der Waals surface area contributed by atoms with Crippen LogP contribution in [0.15, 0.2) is 12.1 Å². The Balaban J connectivity index is 2.66. The van der Waals surface area contributed by atoms with Crippen molar-refractivity contribution in [2.45, 2.75) is 13.8 Å². The summed E-state index contributed by atoms with van der Waals surface area (Å²) in [6.45, 7) is 3.83. The number of hydrogen-bond donors (Lipinski definition) is 0. The maximum absolute atomic E-state index is 11.9. The molecule has 0 radical (unpaired) electrons. The summed E-state index contributed by atoms with van der Waals surface area (Å²) in [5.41, 5.74) is 0.0312. The molecule has 0 fully saturated rings. The van der Waals surface area contributed by atoms with Gasteiger partial charge in [0.05, 0.1) is 38.5 Å². The van der Waals surface area contributed by atoms with Crippen LogP contribution in [0.4, 0.5) is 4.79 Å². The van der Waals surface area contributed by atoms with Crippen LogP contribution in [0.2, 0.25) is 0 Å². The molecule has 0 spiro atoms. The molecule has 0 aliphatic carbocycles. The summed E-state index contributed by atoms with van der Waals surface area (Å²) in [7, 11) is 4.23. The summed E-state index contributed by atoms with van der Waals surface area (Å²) in [6.07, 6.45) is -1.12. The number of carbonyl (C=O) groups is 2. The van der Waals surface area contributed by atoms with Crippen molar-refractivity contribution in [2.24, 2.45) is 5.92 Å². The predicted octanol–water partition coefficient (Wildman–Crippen LogP) is 2.53. The number of carbonyl (C=O) groups excluding carboxylic acids is 2. The van der Waals surface area contributed by atoms with E-state index in [0.717, 1.165) is 0 Å². The van der Waals surface area contributed by atoms with Gasteiger partial charge in [-0.2, -0.15) is 0 Å². The topological polar surface area (TPSA) is 98.8 Å². The molecule has 9 heteroatoms. The van der Waals surface area contributed by atoms with E-state index in [1.807, 2.05) is 13.8 Å². The molecule has 0 unspecified atom stereocenters. The minimum atomic E-state index is -1.12.